The minimum atomic E-state index is -4.59. The number of carbonyl (C=O) groups is 2. The molecular weight excluding hydrogens is 517 g/mol. The molecule has 2 aliphatic rings. The minimum absolute atomic E-state index is 0.0826. The largest absolute Gasteiger partial charge is 0.512 e. The second-order valence-corrected chi connectivity index (χ2v) is 11.0. The van der Waals surface area contributed by atoms with Gasteiger partial charge >= 0.3 is 6.18 Å². The highest BCUT2D eigenvalue weighted by Crippen LogP contribution is 2.52. The average Bonchev–Trinajstić information content (AvgIpc) is 3.63. The summed E-state index contributed by atoms with van der Waals surface area (Å²) in [7, 11) is 0. The number of rotatable bonds is 9. The molecule has 2 amide bonds. The van der Waals surface area contributed by atoms with Gasteiger partial charge in [-0.25, -0.2) is 0 Å². The van der Waals surface area contributed by atoms with Gasteiger partial charge in [-0.05, 0) is 59.7 Å². The van der Waals surface area contributed by atoms with Crippen molar-refractivity contribution >= 4 is 17.5 Å². The van der Waals surface area contributed by atoms with E-state index in [9.17, 15) is 27.9 Å². The standard InChI is InChI=1S/C32H31F3N2O3/c1-20(32(33,34)35)28(29(39)36-26-8-5-6-23(16-26)17-31(14-15-31)21(2)38)24-12-10-22(11-13-24)18-37-19-25-7-3-4-9-27(25)30(37)40/h3-13,16,20,28,38H,2,14-15,17-19H2,1H3,(H,36,39)/t20-,28+/m0/s1. The van der Waals surface area contributed by atoms with E-state index in [1.807, 2.05) is 24.3 Å². The van der Waals surface area contributed by atoms with Gasteiger partial charge in [0.2, 0.25) is 5.91 Å². The van der Waals surface area contributed by atoms with Crippen LogP contribution in [0.4, 0.5) is 18.9 Å². The van der Waals surface area contributed by atoms with E-state index in [2.05, 4.69) is 11.9 Å². The third kappa shape index (κ3) is 5.62. The quantitative estimate of drug-likeness (QED) is 0.279. The summed E-state index contributed by atoms with van der Waals surface area (Å²) in [4.78, 5) is 27.7. The van der Waals surface area contributed by atoms with Gasteiger partial charge < -0.3 is 15.3 Å². The van der Waals surface area contributed by atoms with Crippen LogP contribution in [0.5, 0.6) is 0 Å². The molecular formula is C32H31F3N2O3. The molecule has 1 aliphatic carbocycles. The normalized spacial score (nSPS) is 17.2. The molecule has 0 bridgehead atoms. The highest BCUT2D eigenvalue weighted by atomic mass is 19.4. The van der Waals surface area contributed by atoms with Crippen LogP contribution < -0.4 is 5.32 Å². The Kier molecular flexibility index (Phi) is 7.21. The van der Waals surface area contributed by atoms with Crippen LogP contribution in [0.25, 0.3) is 0 Å². The Morgan fingerprint density at radius 1 is 1.05 bits per heavy atom. The molecule has 5 rings (SSSR count). The summed E-state index contributed by atoms with van der Waals surface area (Å²) < 4.78 is 41.6. The predicted molar refractivity (Wildman–Crippen MR) is 147 cm³/mol. The van der Waals surface area contributed by atoms with Gasteiger partial charge in [0, 0.05) is 29.8 Å². The minimum Gasteiger partial charge on any atom is -0.512 e. The first-order chi connectivity index (χ1) is 19.0. The van der Waals surface area contributed by atoms with E-state index in [4.69, 9.17) is 0 Å². The number of fused-ring (bicyclic) bond motifs is 1. The van der Waals surface area contributed by atoms with Crippen LogP contribution in [0.15, 0.2) is 85.1 Å². The summed E-state index contributed by atoms with van der Waals surface area (Å²) in [6.45, 7) is 5.46. The van der Waals surface area contributed by atoms with E-state index < -0.39 is 23.9 Å². The average molecular weight is 549 g/mol. The number of nitrogens with zero attached hydrogens (tertiary/aromatic N) is 1. The predicted octanol–water partition coefficient (Wildman–Crippen LogP) is 7.16. The molecule has 2 N–H and O–H groups in total. The summed E-state index contributed by atoms with van der Waals surface area (Å²) in [5, 5.41) is 12.6. The number of hydrogen-bond donors (Lipinski definition) is 2. The lowest BCUT2D eigenvalue weighted by Crippen LogP contribution is -2.34. The summed E-state index contributed by atoms with van der Waals surface area (Å²) in [5.41, 5.74) is 3.49. The highest BCUT2D eigenvalue weighted by molar-refractivity contribution is 5.98. The maximum atomic E-state index is 13.9. The van der Waals surface area contributed by atoms with Gasteiger partial charge in [0.05, 0.1) is 17.6 Å². The van der Waals surface area contributed by atoms with Gasteiger partial charge in [0.25, 0.3) is 5.91 Å². The topological polar surface area (TPSA) is 69.6 Å². The van der Waals surface area contributed by atoms with Gasteiger partial charge in [0.15, 0.2) is 0 Å². The Labute approximate surface area is 231 Å². The third-order valence-corrected chi connectivity index (χ3v) is 8.11. The van der Waals surface area contributed by atoms with Crippen molar-refractivity contribution in [3.63, 3.8) is 0 Å². The van der Waals surface area contributed by atoms with Crippen molar-refractivity contribution in [2.75, 3.05) is 5.32 Å². The number of benzene rings is 3. The smallest absolute Gasteiger partial charge is 0.392 e. The van der Waals surface area contributed by atoms with Gasteiger partial charge in [-0.2, -0.15) is 13.2 Å². The first kappa shape index (κ1) is 27.5. The molecule has 5 nitrogen and oxygen atoms in total. The molecule has 208 valence electrons. The van der Waals surface area contributed by atoms with Crippen LogP contribution >= 0.6 is 0 Å². The molecule has 40 heavy (non-hydrogen) atoms. The van der Waals surface area contributed by atoms with Crippen LogP contribution in [0.1, 0.15) is 58.3 Å². The Balaban J connectivity index is 1.32. The second-order valence-electron chi connectivity index (χ2n) is 11.0. The third-order valence-electron chi connectivity index (χ3n) is 8.11. The number of carbonyl (C=O) groups excluding carboxylic acids is 2. The SMILES string of the molecule is C=C(O)C1(Cc2cccc(NC(=O)[C@@H](c3ccc(CN4Cc5ccccc5C4=O)cc3)[C@H](C)C(F)(F)F)c2)CC1. The number of aliphatic hydroxyl groups is 1. The molecule has 0 spiro atoms. The van der Waals surface area contributed by atoms with Crippen molar-refractivity contribution in [3.8, 4) is 0 Å². The van der Waals surface area contributed by atoms with Gasteiger partial charge in [-0.1, -0.05) is 68.1 Å². The van der Waals surface area contributed by atoms with Crippen molar-refractivity contribution in [2.45, 2.75) is 51.4 Å². The molecule has 1 aliphatic heterocycles. The van der Waals surface area contributed by atoms with Crippen molar-refractivity contribution in [1.82, 2.24) is 4.90 Å². The summed E-state index contributed by atoms with van der Waals surface area (Å²) in [6, 6.07) is 20.8. The number of alkyl halides is 3. The Hall–Kier alpha value is -4.07. The van der Waals surface area contributed by atoms with Crippen molar-refractivity contribution in [1.29, 1.82) is 0 Å². The zero-order valence-corrected chi connectivity index (χ0v) is 22.2. The number of anilines is 1. The molecule has 2 atom stereocenters. The van der Waals surface area contributed by atoms with Crippen LogP contribution in [0.2, 0.25) is 0 Å². The maximum Gasteiger partial charge on any atom is 0.392 e. The van der Waals surface area contributed by atoms with Crippen LogP contribution in [-0.4, -0.2) is 28.0 Å². The Morgan fingerprint density at radius 2 is 1.75 bits per heavy atom. The fourth-order valence-electron chi connectivity index (χ4n) is 5.44. The monoisotopic (exact) mass is 548 g/mol. The van der Waals surface area contributed by atoms with Gasteiger partial charge in [-0.3, -0.25) is 9.59 Å². The van der Waals surface area contributed by atoms with Gasteiger partial charge in [-0.15, -0.1) is 0 Å². The summed E-state index contributed by atoms with van der Waals surface area (Å²) in [5.74, 6) is -4.11. The highest BCUT2D eigenvalue weighted by Gasteiger charge is 2.46. The van der Waals surface area contributed by atoms with Crippen molar-refractivity contribution in [3.05, 3.63) is 113 Å². The first-order valence-electron chi connectivity index (χ1n) is 13.3. The van der Waals surface area contributed by atoms with Crippen molar-refractivity contribution in [2.24, 2.45) is 11.3 Å². The lowest BCUT2D eigenvalue weighted by atomic mass is 9.85. The molecule has 0 radical (unpaired) electrons. The van der Waals surface area contributed by atoms with E-state index in [0.29, 0.717) is 30.8 Å². The molecule has 3 aromatic rings. The van der Waals surface area contributed by atoms with E-state index in [1.54, 1.807) is 41.3 Å². The molecule has 3 aromatic carbocycles. The molecule has 1 heterocycles. The zero-order valence-electron chi connectivity index (χ0n) is 22.2. The summed E-state index contributed by atoms with van der Waals surface area (Å²) >= 11 is 0. The molecule has 0 saturated heterocycles. The molecule has 1 saturated carbocycles. The van der Waals surface area contributed by atoms with Crippen LogP contribution in [-0.2, 0) is 24.3 Å². The van der Waals surface area contributed by atoms with Crippen LogP contribution in [0, 0.1) is 11.3 Å². The van der Waals surface area contributed by atoms with E-state index in [0.717, 1.165) is 36.5 Å². The molecule has 8 heteroatoms. The number of allylic oxidation sites excluding steroid dienone is 1. The fraction of sp³-hybridized carbons (Fsp3) is 0.312. The number of nitrogens with one attached hydrogen (secondary N) is 1. The zero-order chi connectivity index (χ0) is 28.7. The first-order valence-corrected chi connectivity index (χ1v) is 13.3. The molecule has 0 aromatic heterocycles. The van der Waals surface area contributed by atoms with E-state index >= 15 is 0 Å². The van der Waals surface area contributed by atoms with E-state index in [-0.39, 0.29) is 22.6 Å². The Morgan fingerprint density at radius 3 is 2.38 bits per heavy atom. The number of hydrogen-bond acceptors (Lipinski definition) is 3. The summed E-state index contributed by atoms with van der Waals surface area (Å²) in [6.07, 6.45) is -2.41. The molecule has 1 fully saturated rings. The lowest BCUT2D eigenvalue weighted by Gasteiger charge is -2.26. The second kappa shape index (κ2) is 10.5. The Bertz CT molecular complexity index is 1440. The van der Waals surface area contributed by atoms with E-state index in [1.165, 1.54) is 12.1 Å². The number of aliphatic hydroxyl groups excluding tert-OH is 1. The van der Waals surface area contributed by atoms with Gasteiger partial charge in [0.1, 0.15) is 0 Å². The number of halogens is 3. The fourth-order valence-corrected chi connectivity index (χ4v) is 5.44. The van der Waals surface area contributed by atoms with Crippen molar-refractivity contribution < 1.29 is 27.9 Å². The van der Waals surface area contributed by atoms with Crippen LogP contribution in [0.3, 0.4) is 0 Å². The molecule has 0 unspecified atom stereocenters. The lowest BCUT2D eigenvalue weighted by molar-refractivity contribution is -0.178. The maximum absolute atomic E-state index is 13.9. The number of amides is 2.